The Bertz CT molecular complexity index is 1220. The number of aliphatic hydroxyl groups excluding tert-OH is 1. The van der Waals surface area contributed by atoms with Crippen LogP contribution in [0.5, 0.6) is 0 Å². The van der Waals surface area contributed by atoms with Crippen LogP contribution in [0.1, 0.15) is 78.4 Å². The monoisotopic (exact) mass is 530 g/mol. The molecule has 2 aromatic carbocycles. The Labute approximate surface area is 231 Å². The zero-order chi connectivity index (χ0) is 27.0. The third-order valence-corrected chi connectivity index (χ3v) is 10.2. The summed E-state index contributed by atoms with van der Waals surface area (Å²) in [7, 11) is 0. The van der Waals surface area contributed by atoms with Crippen molar-refractivity contribution in [3.8, 4) is 0 Å². The van der Waals surface area contributed by atoms with Gasteiger partial charge < -0.3 is 26.2 Å². The highest BCUT2D eigenvalue weighted by Gasteiger charge is 2.65. The number of carbonyl (C=O) groups excluding carboxylic acids is 1. The molecule has 1 saturated heterocycles. The van der Waals surface area contributed by atoms with Crippen LogP contribution in [-0.4, -0.2) is 54.2 Å². The lowest BCUT2D eigenvalue weighted by atomic mass is 9.63. The first-order chi connectivity index (χ1) is 18.9. The molecule has 6 N–H and O–H groups in total. The number of carbonyl (C=O) groups is 1. The molecule has 4 atom stereocenters. The molecule has 39 heavy (non-hydrogen) atoms. The molecule has 4 unspecified atom stereocenters. The molecule has 3 saturated carbocycles. The van der Waals surface area contributed by atoms with Gasteiger partial charge in [-0.2, -0.15) is 0 Å². The minimum Gasteiger partial charge on any atom is -0.398 e. The number of nitrogen functional groups attached to an aromatic ring is 1. The fourth-order valence-corrected chi connectivity index (χ4v) is 7.85. The normalized spacial score (nSPS) is 28.5. The molecule has 3 aliphatic carbocycles. The highest BCUT2D eigenvalue weighted by molar-refractivity contribution is 6.14. The van der Waals surface area contributed by atoms with Crippen molar-refractivity contribution in [2.75, 3.05) is 32.0 Å². The second-order valence-corrected chi connectivity index (χ2v) is 12.4. The predicted molar refractivity (Wildman–Crippen MR) is 153 cm³/mol. The Hall–Kier alpha value is -2.74. The van der Waals surface area contributed by atoms with E-state index in [0.717, 1.165) is 56.1 Å². The summed E-state index contributed by atoms with van der Waals surface area (Å²) in [6.07, 6.45) is 10.3. The Kier molecular flexibility index (Phi) is 7.25. The van der Waals surface area contributed by atoms with Crippen LogP contribution in [0.4, 0.5) is 5.69 Å². The lowest BCUT2D eigenvalue weighted by Crippen LogP contribution is -2.60. The fraction of sp³-hybridized carbons (Fsp3) is 0.562. The molecule has 1 heterocycles. The van der Waals surface area contributed by atoms with Gasteiger partial charge in [0.15, 0.2) is 0 Å². The van der Waals surface area contributed by atoms with Crippen molar-refractivity contribution < 1.29 is 14.6 Å². The van der Waals surface area contributed by atoms with Crippen LogP contribution in [0.25, 0.3) is 0 Å². The van der Waals surface area contributed by atoms with E-state index in [-0.39, 0.29) is 23.7 Å². The van der Waals surface area contributed by atoms with E-state index in [0.29, 0.717) is 41.5 Å². The third kappa shape index (κ3) is 4.90. The number of β-amino-alcohol motifs (C(OH)–C–C–N with tert-alkyl or cyclic N) is 1. The lowest BCUT2D eigenvalue weighted by molar-refractivity contribution is -0.252. The molecule has 4 aliphatic rings. The third-order valence-electron chi connectivity index (χ3n) is 10.2. The standard InChI is InChI=1S/C32H42N4O3/c33-28-9-8-23(30(38)35-20-31(36-14-15-37)11-2-1-3-12-31)18-26(28)29(34)22-6-4-21(5-7-22)16-24-17-25-19-39-32(25)13-10-27(24)32/h4-9,18,24-25,27,34,36-37H,1-3,10-17,19-20,33H2,(H,35,38). The highest BCUT2D eigenvalue weighted by Crippen LogP contribution is 2.64. The van der Waals surface area contributed by atoms with Crippen molar-refractivity contribution >= 4 is 17.3 Å². The molecule has 7 nitrogen and oxygen atoms in total. The van der Waals surface area contributed by atoms with Gasteiger partial charge in [-0.05, 0) is 74.1 Å². The molecule has 1 spiro atoms. The molecule has 0 aromatic heterocycles. The Morgan fingerprint density at radius 1 is 1.08 bits per heavy atom. The van der Waals surface area contributed by atoms with Gasteiger partial charge in [0, 0.05) is 46.9 Å². The summed E-state index contributed by atoms with van der Waals surface area (Å²) in [5.41, 5.74) is 10.3. The number of amides is 1. The van der Waals surface area contributed by atoms with Gasteiger partial charge in [-0.15, -0.1) is 0 Å². The summed E-state index contributed by atoms with van der Waals surface area (Å²) < 4.78 is 6.03. The molecule has 0 bridgehead atoms. The minimum atomic E-state index is -0.175. The van der Waals surface area contributed by atoms with Crippen molar-refractivity contribution in [3.63, 3.8) is 0 Å². The summed E-state index contributed by atoms with van der Waals surface area (Å²) >= 11 is 0. The zero-order valence-electron chi connectivity index (χ0n) is 22.8. The summed E-state index contributed by atoms with van der Waals surface area (Å²) in [6.45, 7) is 2.06. The number of rotatable bonds is 10. The maximum absolute atomic E-state index is 13.1. The van der Waals surface area contributed by atoms with Crippen LogP contribution >= 0.6 is 0 Å². The van der Waals surface area contributed by atoms with Gasteiger partial charge in [0.1, 0.15) is 0 Å². The van der Waals surface area contributed by atoms with E-state index < -0.39 is 0 Å². The predicted octanol–water partition coefficient (Wildman–Crippen LogP) is 4.06. The van der Waals surface area contributed by atoms with Crippen molar-refractivity contribution in [2.24, 2.45) is 17.8 Å². The molecule has 4 fully saturated rings. The number of benzene rings is 2. The first-order valence-electron chi connectivity index (χ1n) is 14.8. The molecule has 2 aromatic rings. The van der Waals surface area contributed by atoms with Gasteiger partial charge in [0.05, 0.1) is 24.5 Å². The second kappa shape index (κ2) is 10.7. The maximum Gasteiger partial charge on any atom is 0.251 e. The summed E-state index contributed by atoms with van der Waals surface area (Å²) in [6, 6.07) is 13.5. The van der Waals surface area contributed by atoms with Gasteiger partial charge in [0.2, 0.25) is 0 Å². The molecule has 0 radical (unpaired) electrons. The number of anilines is 1. The zero-order valence-corrected chi connectivity index (χ0v) is 22.8. The molecule has 1 aliphatic heterocycles. The first kappa shape index (κ1) is 26.5. The van der Waals surface area contributed by atoms with Gasteiger partial charge in [0.25, 0.3) is 5.91 Å². The quantitative estimate of drug-likeness (QED) is 0.234. The SMILES string of the molecule is N=C(c1ccc(CC2CC3COC34CCC24)cc1)c1cc(C(=O)NCC2(NCCO)CCCCC2)ccc1N. The Morgan fingerprint density at radius 3 is 2.49 bits per heavy atom. The van der Waals surface area contributed by atoms with Gasteiger partial charge in [-0.3, -0.25) is 10.2 Å². The van der Waals surface area contributed by atoms with E-state index in [2.05, 4.69) is 22.8 Å². The first-order valence-corrected chi connectivity index (χ1v) is 14.8. The molecule has 6 rings (SSSR count). The van der Waals surface area contributed by atoms with Crippen molar-refractivity contribution in [1.29, 1.82) is 5.41 Å². The van der Waals surface area contributed by atoms with E-state index in [9.17, 15) is 9.90 Å². The summed E-state index contributed by atoms with van der Waals surface area (Å²) in [5.74, 6) is 2.03. The Balaban J connectivity index is 1.10. The number of hydrogen-bond donors (Lipinski definition) is 5. The molecule has 7 heteroatoms. The van der Waals surface area contributed by atoms with Crippen LogP contribution in [0.15, 0.2) is 42.5 Å². The topological polar surface area (TPSA) is 120 Å². The molecule has 208 valence electrons. The largest absolute Gasteiger partial charge is 0.398 e. The van der Waals surface area contributed by atoms with Gasteiger partial charge in [-0.1, -0.05) is 43.5 Å². The van der Waals surface area contributed by atoms with Crippen LogP contribution in [0.2, 0.25) is 0 Å². The van der Waals surface area contributed by atoms with Crippen LogP contribution in [-0.2, 0) is 11.2 Å². The molecule has 1 amide bonds. The van der Waals surface area contributed by atoms with Crippen LogP contribution < -0.4 is 16.4 Å². The molecular formula is C32H42N4O3. The average molecular weight is 531 g/mol. The van der Waals surface area contributed by atoms with Crippen molar-refractivity contribution in [1.82, 2.24) is 10.6 Å². The minimum absolute atomic E-state index is 0.0807. The van der Waals surface area contributed by atoms with Crippen molar-refractivity contribution in [3.05, 3.63) is 64.7 Å². The number of hydrogen-bond acceptors (Lipinski definition) is 6. The van der Waals surface area contributed by atoms with Gasteiger partial charge >= 0.3 is 0 Å². The summed E-state index contributed by atoms with van der Waals surface area (Å²) in [4.78, 5) is 13.1. The fourth-order valence-electron chi connectivity index (χ4n) is 7.85. The number of ether oxygens (including phenoxy) is 1. The van der Waals surface area contributed by atoms with Crippen molar-refractivity contribution in [2.45, 2.75) is 68.9 Å². The van der Waals surface area contributed by atoms with Crippen LogP contribution in [0, 0.1) is 23.2 Å². The van der Waals surface area contributed by atoms with E-state index in [1.807, 2.05) is 12.1 Å². The van der Waals surface area contributed by atoms with E-state index in [1.54, 1.807) is 18.2 Å². The number of nitrogens with two attached hydrogens (primary N) is 1. The van der Waals surface area contributed by atoms with E-state index in [1.165, 1.54) is 31.2 Å². The number of nitrogens with one attached hydrogen (secondary N) is 3. The Morgan fingerprint density at radius 2 is 1.85 bits per heavy atom. The number of aliphatic hydroxyl groups is 1. The summed E-state index contributed by atoms with van der Waals surface area (Å²) in [5, 5.41) is 24.8. The maximum atomic E-state index is 13.1. The van der Waals surface area contributed by atoms with E-state index in [4.69, 9.17) is 15.9 Å². The highest BCUT2D eigenvalue weighted by atomic mass is 16.5. The lowest BCUT2D eigenvalue weighted by Gasteiger charge is -2.56. The van der Waals surface area contributed by atoms with Crippen LogP contribution in [0.3, 0.4) is 0 Å². The smallest absolute Gasteiger partial charge is 0.251 e. The second-order valence-electron chi connectivity index (χ2n) is 12.4. The molecular weight excluding hydrogens is 488 g/mol. The van der Waals surface area contributed by atoms with E-state index >= 15 is 0 Å². The average Bonchev–Trinajstić information content (AvgIpc) is 3.06. The van der Waals surface area contributed by atoms with Gasteiger partial charge in [-0.25, -0.2) is 0 Å².